The number of unbranched alkanes of at least 4 members (excludes halogenated alkanes) is 18. The van der Waals surface area contributed by atoms with Gasteiger partial charge in [0.15, 0.2) is 0 Å². The first kappa shape index (κ1) is 33.7. The lowest BCUT2D eigenvalue weighted by atomic mass is 10.0. The molecule has 0 amide bonds. The van der Waals surface area contributed by atoms with E-state index in [9.17, 15) is 9.59 Å². The van der Waals surface area contributed by atoms with E-state index in [1.807, 2.05) is 0 Å². The molecule has 0 spiro atoms. The van der Waals surface area contributed by atoms with E-state index in [1.54, 1.807) is 0 Å². The number of aliphatic carboxylic acids is 1. The Morgan fingerprint density at radius 1 is 0.629 bits per heavy atom. The molecule has 0 saturated carbocycles. The predicted octanol–water partition coefficient (Wildman–Crippen LogP) is 9.94. The number of allylic oxidation sites excluding steroid dienone is 2. The summed E-state index contributed by atoms with van der Waals surface area (Å²) in [6.07, 6.45) is 30.8. The van der Waals surface area contributed by atoms with Gasteiger partial charge in [-0.3, -0.25) is 9.59 Å². The van der Waals surface area contributed by atoms with Crippen LogP contribution in [0.2, 0.25) is 0 Å². The van der Waals surface area contributed by atoms with E-state index in [1.165, 1.54) is 103 Å². The smallest absolute Gasteiger partial charge is 0.307 e. The monoisotopic (exact) mass is 494 g/mol. The van der Waals surface area contributed by atoms with Crippen LogP contribution in [0.15, 0.2) is 12.2 Å². The molecule has 0 fully saturated rings. The van der Waals surface area contributed by atoms with Crippen molar-refractivity contribution in [2.45, 2.75) is 174 Å². The maximum atomic E-state index is 12.2. The van der Waals surface area contributed by atoms with Crippen LogP contribution in [-0.4, -0.2) is 23.1 Å². The second-order valence-corrected chi connectivity index (χ2v) is 10.3. The summed E-state index contributed by atoms with van der Waals surface area (Å²) < 4.78 is 5.52. The third-order valence-corrected chi connectivity index (χ3v) is 6.72. The molecule has 0 bridgehead atoms. The van der Waals surface area contributed by atoms with Crippen LogP contribution in [0.3, 0.4) is 0 Å². The van der Waals surface area contributed by atoms with E-state index in [0.29, 0.717) is 12.8 Å². The van der Waals surface area contributed by atoms with Gasteiger partial charge >= 0.3 is 11.9 Å². The molecule has 0 radical (unpaired) electrons. The Hall–Kier alpha value is -1.32. The maximum Gasteiger partial charge on any atom is 0.307 e. The molecule has 35 heavy (non-hydrogen) atoms. The minimum atomic E-state index is -0.884. The number of carboxylic acids is 1. The lowest BCUT2D eigenvalue weighted by Gasteiger charge is -2.16. The first-order chi connectivity index (χ1) is 17.1. The Kier molecular flexibility index (Phi) is 26.2. The minimum absolute atomic E-state index is 0.0735. The number of carbonyl (C=O) groups excluding carboxylic acids is 1. The van der Waals surface area contributed by atoms with Crippen LogP contribution in [-0.2, 0) is 14.3 Å². The molecule has 0 aliphatic rings. The second kappa shape index (κ2) is 27.3. The van der Waals surface area contributed by atoms with Gasteiger partial charge in [-0.15, -0.1) is 0 Å². The van der Waals surface area contributed by atoms with Crippen molar-refractivity contribution in [2.24, 2.45) is 0 Å². The quantitative estimate of drug-likeness (QED) is 0.0701. The van der Waals surface area contributed by atoms with Crippen molar-refractivity contribution >= 4 is 11.9 Å². The Bertz CT molecular complexity index is 500. The molecular formula is C31H58O4. The van der Waals surface area contributed by atoms with E-state index in [4.69, 9.17) is 9.84 Å². The summed E-state index contributed by atoms with van der Waals surface area (Å²) in [7, 11) is 0. The number of carboxylic acid groups (broad SMARTS) is 1. The zero-order valence-corrected chi connectivity index (χ0v) is 23.4. The third-order valence-electron chi connectivity index (χ3n) is 6.72. The SMILES string of the molecule is CCCCCC/C=C\CCCCCCCCC(=O)OC(CCCCCCCCCCC)CC(=O)O. The van der Waals surface area contributed by atoms with Crippen LogP contribution in [0, 0.1) is 0 Å². The average molecular weight is 495 g/mol. The van der Waals surface area contributed by atoms with Crippen LogP contribution in [0.4, 0.5) is 0 Å². The minimum Gasteiger partial charge on any atom is -0.481 e. The molecule has 0 saturated heterocycles. The molecule has 0 aromatic rings. The van der Waals surface area contributed by atoms with Gasteiger partial charge in [0.1, 0.15) is 6.10 Å². The summed E-state index contributed by atoms with van der Waals surface area (Å²) in [5.41, 5.74) is 0. The highest BCUT2D eigenvalue weighted by molar-refractivity contribution is 5.71. The number of hydrogen-bond donors (Lipinski definition) is 1. The highest BCUT2D eigenvalue weighted by atomic mass is 16.5. The predicted molar refractivity (Wildman–Crippen MR) is 149 cm³/mol. The first-order valence-corrected chi connectivity index (χ1v) is 15.2. The van der Waals surface area contributed by atoms with Crippen molar-refractivity contribution < 1.29 is 19.4 Å². The highest BCUT2D eigenvalue weighted by Crippen LogP contribution is 2.16. The summed E-state index contributed by atoms with van der Waals surface area (Å²) >= 11 is 0. The zero-order valence-electron chi connectivity index (χ0n) is 23.4. The molecule has 0 aliphatic carbocycles. The van der Waals surface area contributed by atoms with Crippen molar-refractivity contribution in [3.05, 3.63) is 12.2 Å². The molecule has 0 aromatic carbocycles. The molecule has 1 atom stereocenters. The molecular weight excluding hydrogens is 436 g/mol. The summed E-state index contributed by atoms with van der Waals surface area (Å²) in [6, 6.07) is 0. The van der Waals surface area contributed by atoms with Crippen molar-refractivity contribution in [3.8, 4) is 0 Å². The fourth-order valence-electron chi connectivity index (χ4n) is 4.49. The molecule has 0 aromatic heterocycles. The van der Waals surface area contributed by atoms with Crippen LogP contribution in [0.5, 0.6) is 0 Å². The van der Waals surface area contributed by atoms with Gasteiger partial charge in [-0.25, -0.2) is 0 Å². The van der Waals surface area contributed by atoms with Crippen LogP contribution < -0.4 is 0 Å². The fraction of sp³-hybridized carbons (Fsp3) is 0.871. The van der Waals surface area contributed by atoms with Crippen molar-refractivity contribution in [2.75, 3.05) is 0 Å². The lowest BCUT2D eigenvalue weighted by molar-refractivity contribution is -0.153. The summed E-state index contributed by atoms with van der Waals surface area (Å²) in [5, 5.41) is 9.15. The number of carbonyl (C=O) groups is 2. The summed E-state index contributed by atoms with van der Waals surface area (Å²) in [4.78, 5) is 23.3. The van der Waals surface area contributed by atoms with Crippen LogP contribution in [0.1, 0.15) is 168 Å². The standard InChI is InChI=1S/C31H58O4/c1-3-5-7-9-11-13-14-15-16-17-19-21-23-25-27-31(34)35-29(28-30(32)33)26-24-22-20-18-12-10-8-6-4-2/h13-14,29H,3-12,15-28H2,1-2H3,(H,32,33)/b14-13-. The molecule has 4 heteroatoms. The first-order valence-electron chi connectivity index (χ1n) is 15.2. The number of hydrogen-bond acceptors (Lipinski definition) is 3. The molecule has 1 unspecified atom stereocenters. The Balaban J connectivity index is 3.70. The second-order valence-electron chi connectivity index (χ2n) is 10.3. The largest absolute Gasteiger partial charge is 0.481 e. The third kappa shape index (κ3) is 27.1. The molecule has 0 heterocycles. The zero-order chi connectivity index (χ0) is 25.8. The number of esters is 1. The highest BCUT2D eigenvalue weighted by Gasteiger charge is 2.17. The van der Waals surface area contributed by atoms with E-state index in [-0.39, 0.29) is 12.4 Å². The van der Waals surface area contributed by atoms with E-state index >= 15 is 0 Å². The molecule has 0 aliphatic heterocycles. The summed E-state index contributed by atoms with van der Waals surface area (Å²) in [5.74, 6) is -1.11. The van der Waals surface area contributed by atoms with Crippen LogP contribution in [0.25, 0.3) is 0 Å². The topological polar surface area (TPSA) is 63.6 Å². The van der Waals surface area contributed by atoms with Gasteiger partial charge < -0.3 is 9.84 Å². The molecule has 206 valence electrons. The fourth-order valence-corrected chi connectivity index (χ4v) is 4.49. The van der Waals surface area contributed by atoms with Gasteiger partial charge in [-0.2, -0.15) is 0 Å². The van der Waals surface area contributed by atoms with Gasteiger partial charge in [0, 0.05) is 6.42 Å². The van der Waals surface area contributed by atoms with Gasteiger partial charge in [0.05, 0.1) is 6.42 Å². The van der Waals surface area contributed by atoms with Gasteiger partial charge in [-0.1, -0.05) is 122 Å². The molecule has 0 rings (SSSR count). The number of ether oxygens (including phenoxy) is 1. The average Bonchev–Trinajstić information content (AvgIpc) is 2.82. The molecule has 4 nitrogen and oxygen atoms in total. The van der Waals surface area contributed by atoms with Crippen molar-refractivity contribution in [3.63, 3.8) is 0 Å². The van der Waals surface area contributed by atoms with E-state index in [2.05, 4.69) is 26.0 Å². The Morgan fingerprint density at radius 2 is 1.06 bits per heavy atom. The normalized spacial score (nSPS) is 12.3. The van der Waals surface area contributed by atoms with E-state index in [0.717, 1.165) is 32.1 Å². The Morgan fingerprint density at radius 3 is 1.57 bits per heavy atom. The van der Waals surface area contributed by atoms with Crippen LogP contribution >= 0.6 is 0 Å². The Labute approximate surface area is 217 Å². The lowest BCUT2D eigenvalue weighted by Crippen LogP contribution is -2.21. The van der Waals surface area contributed by atoms with Gasteiger partial charge in [0.25, 0.3) is 0 Å². The van der Waals surface area contributed by atoms with Gasteiger partial charge in [0.2, 0.25) is 0 Å². The summed E-state index contributed by atoms with van der Waals surface area (Å²) in [6.45, 7) is 4.48. The van der Waals surface area contributed by atoms with Crippen molar-refractivity contribution in [1.29, 1.82) is 0 Å². The number of rotatable bonds is 27. The molecule has 1 N–H and O–H groups in total. The van der Waals surface area contributed by atoms with E-state index < -0.39 is 12.1 Å². The van der Waals surface area contributed by atoms with Crippen molar-refractivity contribution in [1.82, 2.24) is 0 Å². The maximum absolute atomic E-state index is 12.2. The van der Waals surface area contributed by atoms with Gasteiger partial charge in [-0.05, 0) is 44.9 Å².